The Morgan fingerprint density at radius 1 is 1.56 bits per heavy atom. The smallest absolute Gasteiger partial charge is 0.265 e. The second-order valence-corrected chi connectivity index (χ2v) is 6.34. The van der Waals surface area contributed by atoms with E-state index in [4.69, 9.17) is 5.73 Å². The summed E-state index contributed by atoms with van der Waals surface area (Å²) in [5.74, 6) is 0.174. The second kappa shape index (κ2) is 4.76. The Hall–Kier alpha value is -1.30. The number of rotatable bonds is 5. The zero-order valence-corrected chi connectivity index (χ0v) is 11.9. The van der Waals surface area contributed by atoms with Gasteiger partial charge in [0.05, 0.1) is 0 Å². The molecule has 5 nitrogen and oxygen atoms in total. The van der Waals surface area contributed by atoms with E-state index in [0.29, 0.717) is 16.7 Å². The van der Waals surface area contributed by atoms with E-state index in [2.05, 4.69) is 15.6 Å². The number of nitrogens with one attached hydrogen (secondary N) is 2. The molecule has 1 aliphatic rings. The average molecular weight is 268 g/mol. The molecule has 0 aromatic carbocycles. The maximum absolute atomic E-state index is 12.1. The summed E-state index contributed by atoms with van der Waals surface area (Å²) in [4.78, 5) is 16.8. The normalized spacial score (nSPS) is 15.5. The van der Waals surface area contributed by atoms with Crippen LogP contribution in [0.5, 0.6) is 0 Å². The second-order valence-electron chi connectivity index (χ2n) is 5.34. The van der Waals surface area contributed by atoms with Gasteiger partial charge in [0.25, 0.3) is 5.91 Å². The highest BCUT2D eigenvalue weighted by Crippen LogP contribution is 2.30. The molecule has 18 heavy (non-hydrogen) atoms. The number of anilines is 2. The molecule has 100 valence electrons. The molecule has 0 atom stereocenters. The minimum absolute atomic E-state index is 0.138. The lowest BCUT2D eigenvalue weighted by atomic mass is 10.0. The molecule has 0 saturated heterocycles. The van der Waals surface area contributed by atoms with Gasteiger partial charge < -0.3 is 16.4 Å². The van der Waals surface area contributed by atoms with Crippen LogP contribution in [0, 0.1) is 0 Å². The fourth-order valence-electron chi connectivity index (χ4n) is 1.41. The first-order chi connectivity index (χ1) is 8.41. The Morgan fingerprint density at radius 2 is 2.22 bits per heavy atom. The van der Waals surface area contributed by atoms with Crippen LogP contribution in [-0.2, 0) is 0 Å². The van der Waals surface area contributed by atoms with Crippen molar-refractivity contribution in [3.05, 3.63) is 4.88 Å². The van der Waals surface area contributed by atoms with Gasteiger partial charge in [-0.1, -0.05) is 18.3 Å². The van der Waals surface area contributed by atoms with Gasteiger partial charge in [-0.2, -0.15) is 0 Å². The van der Waals surface area contributed by atoms with Gasteiger partial charge in [0.1, 0.15) is 10.7 Å². The average Bonchev–Trinajstić information content (AvgIpc) is 3.01. The third-order valence-corrected chi connectivity index (χ3v) is 4.10. The van der Waals surface area contributed by atoms with Crippen LogP contribution in [0.25, 0.3) is 0 Å². The molecule has 2 rings (SSSR count). The molecule has 1 aromatic heterocycles. The van der Waals surface area contributed by atoms with Crippen LogP contribution >= 0.6 is 11.3 Å². The summed E-state index contributed by atoms with van der Waals surface area (Å²) in [6, 6.07) is 0.513. The standard InChI is InChI=1S/C12H20N4OS/c1-4-12(2,3)16-10(17)8-9(13)15-11(18-8)14-7-5-6-7/h7H,4-6,13H2,1-3H3,(H,14,15)(H,16,17). The number of nitrogens with zero attached hydrogens (tertiary/aromatic N) is 1. The molecule has 1 saturated carbocycles. The molecule has 6 heteroatoms. The van der Waals surface area contributed by atoms with Crippen molar-refractivity contribution in [2.24, 2.45) is 0 Å². The van der Waals surface area contributed by atoms with Crippen molar-refractivity contribution in [1.29, 1.82) is 0 Å². The monoisotopic (exact) mass is 268 g/mol. The van der Waals surface area contributed by atoms with E-state index in [0.717, 1.165) is 11.6 Å². The van der Waals surface area contributed by atoms with Crippen molar-refractivity contribution in [1.82, 2.24) is 10.3 Å². The van der Waals surface area contributed by atoms with Gasteiger partial charge in [-0.25, -0.2) is 4.98 Å². The van der Waals surface area contributed by atoms with Gasteiger partial charge in [0.2, 0.25) is 0 Å². The molecule has 0 bridgehead atoms. The molecule has 0 spiro atoms. The lowest BCUT2D eigenvalue weighted by Gasteiger charge is -2.23. The molecular formula is C12H20N4OS. The summed E-state index contributed by atoms with van der Waals surface area (Å²) < 4.78 is 0. The van der Waals surface area contributed by atoms with Crippen LogP contribution in [0.1, 0.15) is 49.7 Å². The van der Waals surface area contributed by atoms with E-state index in [9.17, 15) is 4.79 Å². The van der Waals surface area contributed by atoms with Crippen molar-refractivity contribution in [2.75, 3.05) is 11.1 Å². The Bertz CT molecular complexity index is 451. The maximum Gasteiger partial charge on any atom is 0.265 e. The largest absolute Gasteiger partial charge is 0.382 e. The van der Waals surface area contributed by atoms with Crippen molar-refractivity contribution < 1.29 is 4.79 Å². The molecule has 0 radical (unpaired) electrons. The summed E-state index contributed by atoms with van der Waals surface area (Å²) in [6.07, 6.45) is 3.21. The van der Waals surface area contributed by atoms with Gasteiger partial charge in [0.15, 0.2) is 5.13 Å². The highest BCUT2D eigenvalue weighted by Gasteiger charge is 2.26. The number of aromatic nitrogens is 1. The van der Waals surface area contributed by atoms with E-state index in [1.165, 1.54) is 24.2 Å². The molecule has 1 aliphatic carbocycles. The van der Waals surface area contributed by atoms with Crippen molar-refractivity contribution in [3.63, 3.8) is 0 Å². The van der Waals surface area contributed by atoms with Gasteiger partial charge in [-0.15, -0.1) is 0 Å². The number of thiazole rings is 1. The molecule has 1 fully saturated rings. The summed E-state index contributed by atoms with van der Waals surface area (Å²) >= 11 is 1.33. The van der Waals surface area contributed by atoms with Crippen LogP contribution in [0.3, 0.4) is 0 Å². The zero-order chi connectivity index (χ0) is 13.3. The quantitative estimate of drug-likeness (QED) is 0.765. The van der Waals surface area contributed by atoms with Crippen molar-refractivity contribution >= 4 is 28.2 Å². The summed E-state index contributed by atoms with van der Waals surface area (Å²) in [5.41, 5.74) is 5.57. The number of carbonyl (C=O) groups is 1. The molecule has 1 aromatic rings. The Kier molecular flexibility index (Phi) is 3.47. The predicted octanol–water partition coefficient (Wildman–Crippen LogP) is 2.22. The van der Waals surface area contributed by atoms with Crippen LogP contribution < -0.4 is 16.4 Å². The third-order valence-electron chi connectivity index (χ3n) is 3.10. The molecule has 1 amide bonds. The fourth-order valence-corrected chi connectivity index (χ4v) is 2.27. The number of amides is 1. The molecule has 0 unspecified atom stereocenters. The van der Waals surface area contributed by atoms with Crippen LogP contribution in [0.15, 0.2) is 0 Å². The molecule has 1 heterocycles. The SMILES string of the molecule is CCC(C)(C)NC(=O)c1sc(NC2CC2)nc1N. The minimum atomic E-state index is -0.225. The first-order valence-electron chi connectivity index (χ1n) is 6.26. The van der Waals surface area contributed by atoms with E-state index in [-0.39, 0.29) is 11.4 Å². The van der Waals surface area contributed by atoms with Gasteiger partial charge in [-0.05, 0) is 33.1 Å². The number of hydrogen-bond acceptors (Lipinski definition) is 5. The number of nitrogens with two attached hydrogens (primary N) is 1. The lowest BCUT2D eigenvalue weighted by molar-refractivity contribution is 0.0916. The summed E-state index contributed by atoms with van der Waals surface area (Å²) in [6.45, 7) is 6.02. The van der Waals surface area contributed by atoms with Gasteiger partial charge in [-0.3, -0.25) is 4.79 Å². The Labute approximate surface area is 111 Å². The van der Waals surface area contributed by atoms with Crippen LogP contribution in [0.2, 0.25) is 0 Å². The zero-order valence-electron chi connectivity index (χ0n) is 11.0. The first-order valence-corrected chi connectivity index (χ1v) is 7.08. The van der Waals surface area contributed by atoms with E-state index < -0.39 is 0 Å². The Morgan fingerprint density at radius 3 is 2.78 bits per heavy atom. The van der Waals surface area contributed by atoms with Gasteiger partial charge in [0, 0.05) is 11.6 Å². The third kappa shape index (κ3) is 3.13. The highest BCUT2D eigenvalue weighted by atomic mass is 32.1. The maximum atomic E-state index is 12.1. The van der Waals surface area contributed by atoms with Gasteiger partial charge >= 0.3 is 0 Å². The summed E-state index contributed by atoms with van der Waals surface area (Å²) in [7, 11) is 0. The minimum Gasteiger partial charge on any atom is -0.382 e. The van der Waals surface area contributed by atoms with E-state index in [1.54, 1.807) is 0 Å². The van der Waals surface area contributed by atoms with Crippen molar-refractivity contribution in [3.8, 4) is 0 Å². The van der Waals surface area contributed by atoms with Crippen LogP contribution in [0.4, 0.5) is 10.9 Å². The van der Waals surface area contributed by atoms with Crippen LogP contribution in [-0.4, -0.2) is 22.5 Å². The number of nitrogen functional groups attached to an aromatic ring is 1. The number of hydrogen-bond donors (Lipinski definition) is 3. The first kappa shape index (κ1) is 13.1. The van der Waals surface area contributed by atoms with E-state index >= 15 is 0 Å². The predicted molar refractivity (Wildman–Crippen MR) is 75.0 cm³/mol. The molecular weight excluding hydrogens is 248 g/mol. The summed E-state index contributed by atoms with van der Waals surface area (Å²) in [5, 5.41) is 6.97. The Balaban J connectivity index is 2.07. The molecule has 0 aliphatic heterocycles. The number of carbonyl (C=O) groups excluding carboxylic acids is 1. The highest BCUT2D eigenvalue weighted by molar-refractivity contribution is 7.18. The lowest BCUT2D eigenvalue weighted by Crippen LogP contribution is -2.42. The fraction of sp³-hybridized carbons (Fsp3) is 0.667. The molecule has 4 N–H and O–H groups in total. The van der Waals surface area contributed by atoms with E-state index in [1.807, 2.05) is 20.8 Å². The van der Waals surface area contributed by atoms with Crippen molar-refractivity contribution in [2.45, 2.75) is 51.6 Å². The topological polar surface area (TPSA) is 80.0 Å².